The molecule has 0 unspecified atom stereocenters. The summed E-state index contributed by atoms with van der Waals surface area (Å²) in [5, 5.41) is 0. The molecule has 0 saturated carbocycles. The van der Waals surface area contributed by atoms with Gasteiger partial charge in [0.25, 0.3) is 0 Å². The van der Waals surface area contributed by atoms with Gasteiger partial charge in [-0.25, -0.2) is 12.8 Å². The molecule has 0 radical (unpaired) electrons. The van der Waals surface area contributed by atoms with E-state index in [1.807, 2.05) is 0 Å². The van der Waals surface area contributed by atoms with Crippen LogP contribution in [0.15, 0.2) is 24.3 Å². The zero-order valence-corrected chi connectivity index (χ0v) is 15.2. The van der Waals surface area contributed by atoms with Crippen LogP contribution in [0.1, 0.15) is 33.1 Å². The third kappa shape index (κ3) is 4.06. The van der Waals surface area contributed by atoms with Crippen molar-refractivity contribution < 1.29 is 17.6 Å². The first-order valence-electron chi connectivity index (χ1n) is 8.28. The van der Waals surface area contributed by atoms with Crippen LogP contribution in [-0.4, -0.2) is 44.6 Å². The first-order valence-corrected chi connectivity index (χ1v) is 10.1. The Hall–Kier alpha value is -1.63. The van der Waals surface area contributed by atoms with E-state index in [0.717, 1.165) is 23.4 Å². The van der Waals surface area contributed by atoms with Crippen molar-refractivity contribution >= 4 is 21.6 Å². The topological polar surface area (TPSA) is 57.7 Å². The average molecular weight is 356 g/mol. The minimum atomic E-state index is -3.80. The SMILES string of the molecule is CC[C@H](C(=O)N1CCC[C@@H](C)C1)N(c1ccccc1F)S(C)(=O)=O. The van der Waals surface area contributed by atoms with Crippen LogP contribution in [0.4, 0.5) is 10.1 Å². The van der Waals surface area contributed by atoms with E-state index < -0.39 is 21.9 Å². The maximum atomic E-state index is 14.2. The lowest BCUT2D eigenvalue weighted by molar-refractivity contribution is -0.134. The monoisotopic (exact) mass is 356 g/mol. The number of hydrogen-bond acceptors (Lipinski definition) is 3. The zero-order valence-electron chi connectivity index (χ0n) is 14.4. The molecule has 1 aromatic rings. The fourth-order valence-corrected chi connectivity index (χ4v) is 4.46. The number of benzene rings is 1. The molecule has 0 spiro atoms. The van der Waals surface area contributed by atoms with Gasteiger partial charge in [-0.15, -0.1) is 0 Å². The first kappa shape index (κ1) is 18.7. The second kappa shape index (κ2) is 7.51. The highest BCUT2D eigenvalue weighted by Crippen LogP contribution is 2.27. The van der Waals surface area contributed by atoms with E-state index in [9.17, 15) is 17.6 Å². The molecule has 0 N–H and O–H groups in total. The summed E-state index contributed by atoms with van der Waals surface area (Å²) in [5.74, 6) is -0.515. The van der Waals surface area contributed by atoms with E-state index in [-0.39, 0.29) is 18.0 Å². The summed E-state index contributed by atoms with van der Waals surface area (Å²) >= 11 is 0. The number of nitrogens with zero attached hydrogens (tertiary/aromatic N) is 2. The number of sulfonamides is 1. The van der Waals surface area contributed by atoms with Crippen molar-refractivity contribution in [1.29, 1.82) is 0 Å². The lowest BCUT2D eigenvalue weighted by Crippen LogP contribution is -2.53. The van der Waals surface area contributed by atoms with Crippen molar-refractivity contribution in [2.24, 2.45) is 5.92 Å². The van der Waals surface area contributed by atoms with Crippen LogP contribution in [0.5, 0.6) is 0 Å². The number of carbonyl (C=O) groups is 1. The Bertz CT molecular complexity index is 693. The van der Waals surface area contributed by atoms with Crippen LogP contribution in [0.2, 0.25) is 0 Å². The van der Waals surface area contributed by atoms with Crippen molar-refractivity contribution in [3.05, 3.63) is 30.1 Å². The summed E-state index contributed by atoms with van der Waals surface area (Å²) in [6.45, 7) is 5.05. The van der Waals surface area contributed by atoms with E-state index in [4.69, 9.17) is 0 Å². The predicted molar refractivity (Wildman–Crippen MR) is 92.8 cm³/mol. The van der Waals surface area contributed by atoms with Gasteiger partial charge in [0, 0.05) is 13.1 Å². The molecule has 0 aromatic heterocycles. The lowest BCUT2D eigenvalue weighted by atomic mass is 9.99. The smallest absolute Gasteiger partial charge is 0.246 e. The van der Waals surface area contributed by atoms with Crippen molar-refractivity contribution in [2.45, 2.75) is 39.2 Å². The zero-order chi connectivity index (χ0) is 17.9. The molecule has 2 rings (SSSR count). The Balaban J connectivity index is 2.40. The van der Waals surface area contributed by atoms with Crippen LogP contribution in [-0.2, 0) is 14.8 Å². The molecular formula is C17H25FN2O3S. The van der Waals surface area contributed by atoms with Crippen LogP contribution < -0.4 is 4.31 Å². The summed E-state index contributed by atoms with van der Waals surface area (Å²) in [7, 11) is -3.80. The number of rotatable bonds is 5. The molecule has 1 aromatic carbocycles. The number of piperidine rings is 1. The largest absolute Gasteiger partial charge is 0.341 e. The second-order valence-electron chi connectivity index (χ2n) is 6.47. The molecule has 1 fully saturated rings. The molecule has 0 aliphatic carbocycles. The standard InChI is InChI=1S/C17H25FN2O3S/c1-4-15(17(21)19-11-7-8-13(2)12-19)20(24(3,22)23)16-10-6-5-9-14(16)18/h5-6,9-10,13,15H,4,7-8,11-12H2,1-3H3/t13-,15-/m1/s1. The lowest BCUT2D eigenvalue weighted by Gasteiger charge is -2.37. The number of para-hydroxylation sites is 1. The molecule has 2 atom stereocenters. The highest BCUT2D eigenvalue weighted by molar-refractivity contribution is 7.92. The van der Waals surface area contributed by atoms with Crippen molar-refractivity contribution in [3.63, 3.8) is 0 Å². The van der Waals surface area contributed by atoms with Crippen LogP contribution in [0, 0.1) is 11.7 Å². The predicted octanol–water partition coefficient (Wildman–Crippen LogP) is 2.63. The Kier molecular flexibility index (Phi) is 5.85. The van der Waals surface area contributed by atoms with E-state index in [1.54, 1.807) is 17.9 Å². The van der Waals surface area contributed by atoms with Crippen LogP contribution >= 0.6 is 0 Å². The highest BCUT2D eigenvalue weighted by Gasteiger charge is 2.36. The van der Waals surface area contributed by atoms with Gasteiger partial charge < -0.3 is 4.90 Å². The Morgan fingerprint density at radius 2 is 2.08 bits per heavy atom. The number of hydrogen-bond donors (Lipinski definition) is 0. The minimum absolute atomic E-state index is 0.0785. The van der Waals surface area contributed by atoms with Crippen molar-refractivity contribution in [1.82, 2.24) is 4.90 Å². The summed E-state index contributed by atoms with van der Waals surface area (Å²) < 4.78 is 39.8. The van der Waals surface area contributed by atoms with E-state index >= 15 is 0 Å². The van der Waals surface area contributed by atoms with Crippen molar-refractivity contribution in [3.8, 4) is 0 Å². The van der Waals surface area contributed by atoms with Gasteiger partial charge >= 0.3 is 0 Å². The van der Waals surface area contributed by atoms with E-state index in [0.29, 0.717) is 19.0 Å². The summed E-state index contributed by atoms with van der Waals surface area (Å²) in [5.41, 5.74) is -0.0785. The minimum Gasteiger partial charge on any atom is -0.341 e. The third-order valence-electron chi connectivity index (χ3n) is 4.37. The Morgan fingerprint density at radius 3 is 2.62 bits per heavy atom. The molecule has 0 bridgehead atoms. The quantitative estimate of drug-likeness (QED) is 0.815. The first-order chi connectivity index (χ1) is 11.3. The van der Waals surface area contributed by atoms with Gasteiger partial charge in [-0.05, 0) is 37.3 Å². The van der Waals surface area contributed by atoms with Crippen LogP contribution in [0.25, 0.3) is 0 Å². The maximum Gasteiger partial charge on any atom is 0.246 e. The van der Waals surface area contributed by atoms with Gasteiger partial charge in [0.05, 0.1) is 11.9 Å². The summed E-state index contributed by atoms with van der Waals surface area (Å²) in [6, 6.07) is 4.73. The second-order valence-corrected chi connectivity index (χ2v) is 8.33. The third-order valence-corrected chi connectivity index (χ3v) is 5.54. The molecule has 7 heteroatoms. The molecule has 134 valence electrons. The highest BCUT2D eigenvalue weighted by atomic mass is 32.2. The van der Waals surface area contributed by atoms with Gasteiger partial charge in [0.1, 0.15) is 11.9 Å². The fourth-order valence-electron chi connectivity index (χ4n) is 3.25. The molecule has 1 heterocycles. The number of carbonyl (C=O) groups excluding carboxylic acids is 1. The number of amides is 1. The molecule has 24 heavy (non-hydrogen) atoms. The number of anilines is 1. The molecular weight excluding hydrogens is 331 g/mol. The van der Waals surface area contributed by atoms with Gasteiger partial charge in [-0.2, -0.15) is 0 Å². The van der Waals surface area contributed by atoms with Crippen LogP contribution in [0.3, 0.4) is 0 Å². The summed E-state index contributed by atoms with van der Waals surface area (Å²) in [6.07, 6.45) is 3.25. The van der Waals surface area contributed by atoms with Crippen molar-refractivity contribution in [2.75, 3.05) is 23.7 Å². The van der Waals surface area contributed by atoms with Gasteiger partial charge in [-0.1, -0.05) is 26.0 Å². The fraction of sp³-hybridized carbons (Fsp3) is 0.588. The Labute approximate surface area is 143 Å². The Morgan fingerprint density at radius 1 is 1.42 bits per heavy atom. The maximum absolute atomic E-state index is 14.2. The normalized spacial score (nSPS) is 19.8. The van der Waals surface area contributed by atoms with Gasteiger partial charge in [-0.3, -0.25) is 9.10 Å². The molecule has 5 nitrogen and oxygen atoms in total. The summed E-state index contributed by atoms with van der Waals surface area (Å²) in [4.78, 5) is 14.7. The van der Waals surface area contributed by atoms with Gasteiger partial charge in [0.15, 0.2) is 0 Å². The molecule has 1 amide bonds. The number of halogens is 1. The molecule has 1 saturated heterocycles. The van der Waals surface area contributed by atoms with Gasteiger partial charge in [0.2, 0.25) is 15.9 Å². The van der Waals surface area contributed by atoms with E-state index in [2.05, 4.69) is 6.92 Å². The molecule has 1 aliphatic heterocycles. The number of likely N-dealkylation sites (tertiary alicyclic amines) is 1. The van der Waals surface area contributed by atoms with E-state index in [1.165, 1.54) is 18.2 Å². The molecule has 1 aliphatic rings. The average Bonchev–Trinajstić information content (AvgIpc) is 2.52.